The van der Waals surface area contributed by atoms with Crippen molar-refractivity contribution in [1.29, 1.82) is 0 Å². The van der Waals surface area contributed by atoms with E-state index < -0.39 is 0 Å². The molecule has 1 amide bonds. The molecule has 7 heteroatoms. The molecule has 0 bridgehead atoms. The highest BCUT2D eigenvalue weighted by Crippen LogP contribution is 2.24. The van der Waals surface area contributed by atoms with Crippen molar-refractivity contribution >= 4 is 22.8 Å². The second-order valence-corrected chi connectivity index (χ2v) is 8.49. The molecule has 3 aromatic rings. The molecule has 1 saturated heterocycles. The van der Waals surface area contributed by atoms with E-state index in [1.807, 2.05) is 25.1 Å². The van der Waals surface area contributed by atoms with Crippen molar-refractivity contribution in [2.45, 2.75) is 52.1 Å². The lowest BCUT2D eigenvalue weighted by atomic mass is 10.0. The third kappa shape index (κ3) is 4.30. The molecule has 7 nitrogen and oxygen atoms in total. The number of carbonyl (C=O) groups excluding carboxylic acids is 1. The van der Waals surface area contributed by atoms with Crippen molar-refractivity contribution in [2.24, 2.45) is 5.92 Å². The zero-order valence-corrected chi connectivity index (χ0v) is 18.0. The van der Waals surface area contributed by atoms with Crippen LogP contribution in [-0.4, -0.2) is 44.6 Å². The first-order valence-electron chi connectivity index (χ1n) is 10.8. The molecule has 1 N–H and O–H groups in total. The lowest BCUT2D eigenvalue weighted by Gasteiger charge is -2.33. The Bertz CT molecular complexity index is 991. The number of nitrogens with zero attached hydrogens (tertiary/aromatic N) is 5. The number of hydrogen-bond acceptors (Lipinski definition) is 5. The zero-order valence-electron chi connectivity index (χ0n) is 18.0. The van der Waals surface area contributed by atoms with Crippen LogP contribution in [0.25, 0.3) is 11.0 Å². The van der Waals surface area contributed by atoms with Crippen LogP contribution in [0.4, 0.5) is 5.82 Å². The van der Waals surface area contributed by atoms with Crippen LogP contribution in [0.15, 0.2) is 42.9 Å². The first-order chi connectivity index (χ1) is 14.5. The van der Waals surface area contributed by atoms with E-state index in [0.717, 1.165) is 55.0 Å². The van der Waals surface area contributed by atoms with E-state index in [1.54, 1.807) is 18.6 Å². The fraction of sp³-hybridized carbons (Fsp3) is 0.478. The van der Waals surface area contributed by atoms with Crippen molar-refractivity contribution in [1.82, 2.24) is 24.8 Å². The molecule has 158 valence electrons. The van der Waals surface area contributed by atoms with Crippen molar-refractivity contribution < 1.29 is 4.79 Å². The minimum atomic E-state index is -0.302. The largest absolute Gasteiger partial charge is 0.355 e. The quantitative estimate of drug-likeness (QED) is 0.679. The molecular weight excluding hydrogens is 376 g/mol. The van der Waals surface area contributed by atoms with Gasteiger partial charge in [0.2, 0.25) is 5.91 Å². The Kier molecular flexibility index (Phi) is 5.97. The number of para-hydroxylation sites is 2. The Morgan fingerprint density at radius 1 is 1.17 bits per heavy atom. The third-order valence-corrected chi connectivity index (χ3v) is 5.74. The third-order valence-electron chi connectivity index (χ3n) is 5.74. The molecule has 3 heterocycles. The van der Waals surface area contributed by atoms with Gasteiger partial charge in [-0.05, 0) is 37.8 Å². The van der Waals surface area contributed by atoms with Gasteiger partial charge in [0.1, 0.15) is 17.7 Å². The maximum Gasteiger partial charge on any atom is 0.243 e. The van der Waals surface area contributed by atoms with Crippen molar-refractivity contribution in [3.63, 3.8) is 0 Å². The van der Waals surface area contributed by atoms with E-state index in [-0.39, 0.29) is 18.0 Å². The van der Waals surface area contributed by atoms with Gasteiger partial charge in [0, 0.05) is 37.9 Å². The first-order valence-corrected chi connectivity index (χ1v) is 10.8. The van der Waals surface area contributed by atoms with E-state index in [2.05, 4.69) is 44.7 Å². The average Bonchev–Trinajstić information content (AvgIpc) is 3.11. The van der Waals surface area contributed by atoms with Gasteiger partial charge < -0.3 is 14.8 Å². The molecular formula is C23H30N6O. The van der Waals surface area contributed by atoms with E-state index in [4.69, 9.17) is 4.98 Å². The molecule has 1 aliphatic rings. The minimum absolute atomic E-state index is 0.0566. The summed E-state index contributed by atoms with van der Waals surface area (Å²) >= 11 is 0. The standard InChI is InChI=1S/C23H30N6O/c1-16(2)14-21-27-19-6-4-5-7-20(19)29(21)17(3)23(30)26-18-8-12-28(13-9-18)22-15-24-10-11-25-22/h4-7,10-11,15-18H,8-9,12-14H2,1-3H3,(H,26,30)/t17-/m1/s1. The summed E-state index contributed by atoms with van der Waals surface area (Å²) in [6.07, 6.45) is 7.85. The predicted molar refractivity (Wildman–Crippen MR) is 118 cm³/mol. The summed E-state index contributed by atoms with van der Waals surface area (Å²) in [5, 5.41) is 3.27. The summed E-state index contributed by atoms with van der Waals surface area (Å²) in [6.45, 7) is 8.07. The molecule has 0 unspecified atom stereocenters. The van der Waals surface area contributed by atoms with Gasteiger partial charge in [-0.1, -0.05) is 26.0 Å². The summed E-state index contributed by atoms with van der Waals surface area (Å²) in [7, 11) is 0. The smallest absolute Gasteiger partial charge is 0.243 e. The number of piperidine rings is 1. The van der Waals surface area contributed by atoms with Crippen molar-refractivity contribution in [3.8, 4) is 0 Å². The molecule has 2 aromatic heterocycles. The van der Waals surface area contributed by atoms with Gasteiger partial charge in [0.05, 0.1) is 17.2 Å². The maximum absolute atomic E-state index is 13.1. The van der Waals surface area contributed by atoms with E-state index in [1.165, 1.54) is 0 Å². The number of hydrogen-bond donors (Lipinski definition) is 1. The van der Waals surface area contributed by atoms with Crippen LogP contribution in [0, 0.1) is 5.92 Å². The van der Waals surface area contributed by atoms with Crippen LogP contribution in [0.2, 0.25) is 0 Å². The number of nitrogens with one attached hydrogen (secondary N) is 1. The van der Waals surface area contributed by atoms with Crippen molar-refractivity contribution in [2.75, 3.05) is 18.0 Å². The van der Waals surface area contributed by atoms with E-state index in [9.17, 15) is 4.79 Å². The highest BCUT2D eigenvalue weighted by molar-refractivity contribution is 5.84. The Morgan fingerprint density at radius 2 is 1.93 bits per heavy atom. The fourth-order valence-corrected chi connectivity index (χ4v) is 4.18. The molecule has 1 aromatic carbocycles. The molecule has 1 fully saturated rings. The van der Waals surface area contributed by atoms with Gasteiger partial charge in [-0.3, -0.25) is 9.78 Å². The van der Waals surface area contributed by atoms with Crippen LogP contribution in [-0.2, 0) is 11.2 Å². The number of anilines is 1. The van der Waals surface area contributed by atoms with Crippen LogP contribution in [0.1, 0.15) is 45.5 Å². The normalized spacial score (nSPS) is 16.2. The Balaban J connectivity index is 1.44. The molecule has 30 heavy (non-hydrogen) atoms. The molecule has 0 spiro atoms. The highest BCUT2D eigenvalue weighted by Gasteiger charge is 2.26. The zero-order chi connectivity index (χ0) is 21.1. The number of rotatable bonds is 6. The summed E-state index contributed by atoms with van der Waals surface area (Å²) in [5.41, 5.74) is 1.97. The monoisotopic (exact) mass is 406 g/mol. The Morgan fingerprint density at radius 3 is 2.63 bits per heavy atom. The van der Waals surface area contributed by atoms with Crippen LogP contribution >= 0.6 is 0 Å². The summed E-state index contributed by atoms with van der Waals surface area (Å²) < 4.78 is 2.11. The number of aromatic nitrogens is 4. The predicted octanol–water partition coefficient (Wildman–Crippen LogP) is 3.37. The lowest BCUT2D eigenvalue weighted by Crippen LogP contribution is -2.46. The Labute approximate surface area is 177 Å². The maximum atomic E-state index is 13.1. The Hall–Kier alpha value is -2.96. The SMILES string of the molecule is CC(C)Cc1nc2ccccc2n1[C@H](C)C(=O)NC1CCN(c2cnccn2)CC1. The molecule has 0 radical (unpaired) electrons. The lowest BCUT2D eigenvalue weighted by molar-refractivity contribution is -0.124. The second kappa shape index (κ2) is 8.81. The number of benzene rings is 1. The van der Waals surface area contributed by atoms with Crippen LogP contribution < -0.4 is 10.2 Å². The van der Waals surface area contributed by atoms with Gasteiger partial charge in [-0.25, -0.2) is 9.97 Å². The molecule has 1 aliphatic heterocycles. The first kappa shape index (κ1) is 20.3. The summed E-state index contributed by atoms with van der Waals surface area (Å²) in [6, 6.07) is 7.94. The topological polar surface area (TPSA) is 75.9 Å². The fourth-order valence-electron chi connectivity index (χ4n) is 4.18. The van der Waals surface area contributed by atoms with Gasteiger partial charge >= 0.3 is 0 Å². The summed E-state index contributed by atoms with van der Waals surface area (Å²) in [4.78, 5) is 28.7. The second-order valence-electron chi connectivity index (χ2n) is 8.49. The number of amides is 1. The number of imidazole rings is 1. The van der Waals surface area contributed by atoms with Gasteiger partial charge in [-0.15, -0.1) is 0 Å². The number of carbonyl (C=O) groups is 1. The van der Waals surface area contributed by atoms with Crippen LogP contribution in [0.3, 0.4) is 0 Å². The van der Waals surface area contributed by atoms with Gasteiger partial charge in [0.15, 0.2) is 0 Å². The van der Waals surface area contributed by atoms with Crippen molar-refractivity contribution in [3.05, 3.63) is 48.7 Å². The summed E-state index contributed by atoms with van der Waals surface area (Å²) in [5.74, 6) is 2.41. The van der Waals surface area contributed by atoms with E-state index >= 15 is 0 Å². The number of fused-ring (bicyclic) bond motifs is 1. The molecule has 4 rings (SSSR count). The highest BCUT2D eigenvalue weighted by atomic mass is 16.2. The van der Waals surface area contributed by atoms with Gasteiger partial charge in [0.25, 0.3) is 0 Å². The van der Waals surface area contributed by atoms with Crippen LogP contribution in [0.5, 0.6) is 0 Å². The minimum Gasteiger partial charge on any atom is -0.355 e. The molecule has 0 aliphatic carbocycles. The average molecular weight is 407 g/mol. The van der Waals surface area contributed by atoms with Gasteiger partial charge in [-0.2, -0.15) is 0 Å². The van der Waals surface area contributed by atoms with E-state index in [0.29, 0.717) is 5.92 Å². The molecule has 1 atom stereocenters. The molecule has 0 saturated carbocycles.